The smallest absolute Gasteiger partial charge is 0.257 e. The molecule has 26 heavy (non-hydrogen) atoms. The van der Waals surface area contributed by atoms with Crippen LogP contribution < -0.4 is 0 Å². The summed E-state index contributed by atoms with van der Waals surface area (Å²) < 4.78 is 2.16. The number of rotatable bonds is 3. The molecule has 4 rings (SSSR count). The summed E-state index contributed by atoms with van der Waals surface area (Å²) in [7, 11) is 2.06. The van der Waals surface area contributed by atoms with Crippen molar-refractivity contribution in [3.63, 3.8) is 0 Å². The molecule has 1 aromatic carbocycles. The van der Waals surface area contributed by atoms with Crippen LogP contribution in [0.2, 0.25) is 0 Å². The van der Waals surface area contributed by atoms with E-state index in [1.807, 2.05) is 29.4 Å². The lowest BCUT2D eigenvalue weighted by Gasteiger charge is -2.32. The molecule has 3 aromatic rings. The van der Waals surface area contributed by atoms with E-state index in [0.29, 0.717) is 17.3 Å². The highest BCUT2D eigenvalue weighted by molar-refractivity contribution is 7.98. The molecule has 1 saturated heterocycles. The van der Waals surface area contributed by atoms with Crippen molar-refractivity contribution in [2.75, 3.05) is 19.3 Å². The van der Waals surface area contributed by atoms with E-state index in [0.717, 1.165) is 36.2 Å². The summed E-state index contributed by atoms with van der Waals surface area (Å²) in [5.74, 6) is 1.30. The van der Waals surface area contributed by atoms with E-state index in [-0.39, 0.29) is 11.8 Å². The molecule has 6 nitrogen and oxygen atoms in total. The number of nitrogens with zero attached hydrogens (tertiary/aromatic N) is 5. The zero-order chi connectivity index (χ0) is 18.1. The predicted octanol–water partition coefficient (Wildman–Crippen LogP) is 3.11. The highest BCUT2D eigenvalue weighted by Gasteiger charge is 2.28. The molecule has 1 amide bonds. The number of amides is 1. The molecule has 134 valence electrons. The summed E-state index contributed by atoms with van der Waals surface area (Å²) in [4.78, 5) is 28.0. The summed E-state index contributed by atoms with van der Waals surface area (Å²) in [6.45, 7) is 1.45. The first-order valence-corrected chi connectivity index (χ1v) is 9.96. The van der Waals surface area contributed by atoms with Crippen LogP contribution in [0.1, 0.15) is 34.9 Å². The Kier molecular flexibility index (Phi) is 4.63. The number of imidazole rings is 1. The maximum Gasteiger partial charge on any atom is 0.257 e. The number of carbonyl (C=O) groups excluding carboxylic acids is 1. The Morgan fingerprint density at radius 2 is 2.00 bits per heavy atom. The van der Waals surface area contributed by atoms with E-state index in [9.17, 15) is 4.79 Å². The van der Waals surface area contributed by atoms with Gasteiger partial charge in [-0.1, -0.05) is 23.9 Å². The van der Waals surface area contributed by atoms with E-state index >= 15 is 0 Å². The van der Waals surface area contributed by atoms with E-state index in [1.165, 1.54) is 11.8 Å². The Balaban J connectivity index is 1.56. The van der Waals surface area contributed by atoms with Gasteiger partial charge in [0.1, 0.15) is 5.82 Å². The van der Waals surface area contributed by atoms with Gasteiger partial charge in [0.2, 0.25) is 0 Å². The van der Waals surface area contributed by atoms with E-state index in [2.05, 4.69) is 27.6 Å². The third-order valence-corrected chi connectivity index (χ3v) is 5.53. The number of carbonyl (C=O) groups is 1. The molecule has 0 aliphatic carbocycles. The number of para-hydroxylation sites is 2. The van der Waals surface area contributed by atoms with Crippen molar-refractivity contribution in [1.82, 2.24) is 24.4 Å². The van der Waals surface area contributed by atoms with Gasteiger partial charge in [-0.3, -0.25) is 4.79 Å². The van der Waals surface area contributed by atoms with Crippen LogP contribution in [0, 0.1) is 0 Å². The van der Waals surface area contributed by atoms with Gasteiger partial charge in [-0.2, -0.15) is 0 Å². The van der Waals surface area contributed by atoms with Gasteiger partial charge in [-0.25, -0.2) is 15.0 Å². The average Bonchev–Trinajstić information content (AvgIpc) is 3.04. The molecule has 1 aliphatic rings. The number of likely N-dealkylation sites (tertiary alicyclic amines) is 1. The largest absolute Gasteiger partial charge is 0.338 e. The molecule has 0 bridgehead atoms. The molecule has 2 aromatic heterocycles. The zero-order valence-corrected chi connectivity index (χ0v) is 15.7. The predicted molar refractivity (Wildman–Crippen MR) is 102 cm³/mol. The maximum atomic E-state index is 12.8. The van der Waals surface area contributed by atoms with Crippen LogP contribution in [-0.2, 0) is 7.05 Å². The monoisotopic (exact) mass is 367 g/mol. The molecular formula is C19H21N5OS. The van der Waals surface area contributed by atoms with Crippen LogP contribution >= 0.6 is 11.8 Å². The average molecular weight is 367 g/mol. The Morgan fingerprint density at radius 3 is 2.73 bits per heavy atom. The number of aromatic nitrogens is 4. The molecule has 0 saturated carbocycles. The van der Waals surface area contributed by atoms with E-state index < -0.39 is 0 Å². The summed E-state index contributed by atoms with van der Waals surface area (Å²) in [5.41, 5.74) is 2.69. The first-order chi connectivity index (χ1) is 12.7. The standard InChI is InChI=1S/C19H21N5OS/c1-23-16-8-4-3-7-15(16)22-17(23)13-6-5-9-24(12-13)18(25)14-10-20-19(26-2)21-11-14/h3-4,7-8,10-11,13H,5-6,9,12H2,1-2H3/t13-/m1/s1. The molecule has 0 N–H and O–H groups in total. The SMILES string of the molecule is CSc1ncc(C(=O)N2CCC[C@@H](c3nc4ccccc4n3C)C2)cn1. The molecule has 1 atom stereocenters. The molecule has 1 aliphatic heterocycles. The summed E-state index contributed by atoms with van der Waals surface area (Å²) in [6.07, 6.45) is 7.19. The Labute approximate surface area is 156 Å². The minimum atomic E-state index is 0.00103. The minimum Gasteiger partial charge on any atom is -0.338 e. The Bertz CT molecular complexity index is 937. The molecule has 0 radical (unpaired) electrons. The highest BCUT2D eigenvalue weighted by atomic mass is 32.2. The third-order valence-electron chi connectivity index (χ3n) is 4.95. The first-order valence-electron chi connectivity index (χ1n) is 8.74. The van der Waals surface area contributed by atoms with Crippen molar-refractivity contribution in [1.29, 1.82) is 0 Å². The number of hydrogen-bond donors (Lipinski definition) is 0. The van der Waals surface area contributed by atoms with Gasteiger partial charge in [0.25, 0.3) is 5.91 Å². The number of aryl methyl sites for hydroxylation is 1. The second kappa shape index (κ2) is 7.07. The van der Waals surface area contributed by atoms with Gasteiger partial charge in [-0.05, 0) is 31.2 Å². The van der Waals surface area contributed by atoms with Crippen LogP contribution in [0.15, 0.2) is 41.8 Å². The normalized spacial score (nSPS) is 17.6. The van der Waals surface area contributed by atoms with Gasteiger partial charge in [-0.15, -0.1) is 0 Å². The Hall–Kier alpha value is -2.41. The van der Waals surface area contributed by atoms with Crippen LogP contribution in [0.4, 0.5) is 0 Å². The van der Waals surface area contributed by atoms with Crippen LogP contribution in [0.25, 0.3) is 11.0 Å². The molecule has 3 heterocycles. The van der Waals surface area contributed by atoms with Crippen LogP contribution in [-0.4, -0.2) is 49.7 Å². The van der Waals surface area contributed by atoms with Crippen LogP contribution in [0.3, 0.4) is 0 Å². The van der Waals surface area contributed by atoms with E-state index in [1.54, 1.807) is 12.4 Å². The van der Waals surface area contributed by atoms with Crippen molar-refractivity contribution in [3.8, 4) is 0 Å². The van der Waals surface area contributed by atoms with Gasteiger partial charge in [0, 0.05) is 38.4 Å². The second-order valence-electron chi connectivity index (χ2n) is 6.57. The van der Waals surface area contributed by atoms with Crippen LogP contribution in [0.5, 0.6) is 0 Å². The number of thioether (sulfide) groups is 1. The van der Waals surface area contributed by atoms with Crippen molar-refractivity contribution >= 4 is 28.7 Å². The second-order valence-corrected chi connectivity index (χ2v) is 7.34. The van der Waals surface area contributed by atoms with Crippen molar-refractivity contribution < 1.29 is 4.79 Å². The Morgan fingerprint density at radius 1 is 1.23 bits per heavy atom. The van der Waals surface area contributed by atoms with Gasteiger partial charge < -0.3 is 9.47 Å². The molecule has 0 unspecified atom stereocenters. The lowest BCUT2D eigenvalue weighted by Crippen LogP contribution is -2.39. The van der Waals surface area contributed by atoms with Crippen molar-refractivity contribution in [2.24, 2.45) is 7.05 Å². The topological polar surface area (TPSA) is 63.9 Å². The minimum absolute atomic E-state index is 0.00103. The first kappa shape index (κ1) is 17.0. The lowest BCUT2D eigenvalue weighted by atomic mass is 9.96. The molecule has 7 heteroatoms. The fourth-order valence-corrected chi connectivity index (χ4v) is 3.93. The fraction of sp³-hybridized carbons (Fsp3) is 0.368. The van der Waals surface area contributed by atoms with Gasteiger partial charge in [0.05, 0.1) is 16.6 Å². The fourth-order valence-electron chi connectivity index (χ4n) is 3.62. The van der Waals surface area contributed by atoms with Crippen molar-refractivity contribution in [3.05, 3.63) is 48.0 Å². The third kappa shape index (κ3) is 3.07. The van der Waals surface area contributed by atoms with Gasteiger partial charge in [0.15, 0.2) is 5.16 Å². The maximum absolute atomic E-state index is 12.8. The molecule has 1 fully saturated rings. The van der Waals surface area contributed by atoms with E-state index in [4.69, 9.17) is 4.98 Å². The summed E-state index contributed by atoms with van der Waals surface area (Å²) in [6, 6.07) is 8.16. The summed E-state index contributed by atoms with van der Waals surface area (Å²) in [5, 5.41) is 0.678. The lowest BCUT2D eigenvalue weighted by molar-refractivity contribution is 0.0702. The molecular weight excluding hydrogens is 346 g/mol. The highest BCUT2D eigenvalue weighted by Crippen LogP contribution is 2.29. The van der Waals surface area contributed by atoms with Gasteiger partial charge >= 0.3 is 0 Å². The quantitative estimate of drug-likeness (QED) is 0.526. The van der Waals surface area contributed by atoms with Crippen molar-refractivity contribution in [2.45, 2.75) is 23.9 Å². The zero-order valence-electron chi connectivity index (χ0n) is 14.9. The molecule has 0 spiro atoms. The number of fused-ring (bicyclic) bond motifs is 1. The number of benzene rings is 1. The summed E-state index contributed by atoms with van der Waals surface area (Å²) >= 11 is 1.47. The number of piperidine rings is 1. The number of hydrogen-bond acceptors (Lipinski definition) is 5.